The van der Waals surface area contributed by atoms with Gasteiger partial charge in [0.2, 0.25) is 9.84 Å². The number of carbonyl (C=O) groups excluding carboxylic acids is 1. The predicted molar refractivity (Wildman–Crippen MR) is 59.7 cm³/mol. The van der Waals surface area contributed by atoms with Crippen LogP contribution in [0.5, 0.6) is 0 Å². The highest BCUT2D eigenvalue weighted by molar-refractivity contribution is 7.98. The minimum absolute atomic E-state index is 0.113. The van der Waals surface area contributed by atoms with E-state index < -0.39 is 9.84 Å². The molecular formula is C10H14N2O3S. The molecule has 0 atom stereocenters. The third-order valence-electron chi connectivity index (χ3n) is 2.86. The quantitative estimate of drug-likeness (QED) is 0.707. The lowest BCUT2D eigenvalue weighted by molar-refractivity contribution is -0.127. The van der Waals surface area contributed by atoms with Gasteiger partial charge >= 0.3 is 0 Å². The summed E-state index contributed by atoms with van der Waals surface area (Å²) in [5, 5.41) is 0.669. The van der Waals surface area contributed by atoms with E-state index in [4.69, 9.17) is 5.73 Å². The number of nitrogens with zero attached hydrogens (tertiary/aromatic N) is 1. The first-order chi connectivity index (χ1) is 7.52. The molecule has 1 amide bonds. The molecule has 88 valence electrons. The molecule has 2 heterocycles. The van der Waals surface area contributed by atoms with Crippen LogP contribution in [0.4, 0.5) is 0 Å². The number of likely N-dealkylation sites (tertiary alicyclic amines) is 1. The first-order valence-electron chi connectivity index (χ1n) is 5.24. The van der Waals surface area contributed by atoms with Crippen molar-refractivity contribution in [2.24, 2.45) is 5.73 Å². The molecule has 5 nitrogen and oxygen atoms in total. The van der Waals surface area contributed by atoms with Crippen LogP contribution >= 0.6 is 0 Å². The Bertz CT molecular complexity index is 470. The summed E-state index contributed by atoms with van der Waals surface area (Å²) in [6.45, 7) is 1.37. The molecular weight excluding hydrogens is 228 g/mol. The number of nitrogens with two attached hydrogens (primary N) is 1. The zero-order valence-corrected chi connectivity index (χ0v) is 9.66. The summed E-state index contributed by atoms with van der Waals surface area (Å²) < 4.78 is 22.6. The topological polar surface area (TPSA) is 80.5 Å². The Labute approximate surface area is 94.5 Å². The van der Waals surface area contributed by atoms with E-state index in [9.17, 15) is 13.2 Å². The van der Waals surface area contributed by atoms with Gasteiger partial charge in [-0.3, -0.25) is 4.79 Å². The molecule has 0 aliphatic carbocycles. The molecule has 0 bridgehead atoms. The molecule has 16 heavy (non-hydrogen) atoms. The second-order valence-corrected chi connectivity index (χ2v) is 5.78. The van der Waals surface area contributed by atoms with E-state index in [1.54, 1.807) is 4.90 Å². The summed E-state index contributed by atoms with van der Waals surface area (Å²) in [7, 11) is -3.53. The van der Waals surface area contributed by atoms with Crippen molar-refractivity contribution >= 4 is 15.7 Å². The predicted octanol–water partition coefficient (Wildman–Crippen LogP) is 0.111. The van der Waals surface area contributed by atoms with Gasteiger partial charge in [0, 0.05) is 18.5 Å². The summed E-state index contributed by atoms with van der Waals surface area (Å²) in [6.07, 6.45) is 4.35. The smallest absolute Gasteiger partial charge is 0.256 e. The molecule has 0 saturated carbocycles. The highest BCUT2D eigenvalue weighted by Gasteiger charge is 2.29. The number of amides is 1. The maximum absolute atomic E-state index is 12.0. The van der Waals surface area contributed by atoms with Crippen LogP contribution < -0.4 is 5.73 Å². The van der Waals surface area contributed by atoms with Crippen molar-refractivity contribution in [2.75, 3.05) is 13.1 Å². The van der Waals surface area contributed by atoms with Gasteiger partial charge in [-0.15, -0.1) is 0 Å². The number of piperidine rings is 1. The van der Waals surface area contributed by atoms with Crippen LogP contribution in [-0.2, 0) is 14.6 Å². The fourth-order valence-corrected chi connectivity index (χ4v) is 2.83. The van der Waals surface area contributed by atoms with Crippen molar-refractivity contribution in [3.8, 4) is 0 Å². The van der Waals surface area contributed by atoms with E-state index in [-0.39, 0.29) is 16.5 Å². The maximum atomic E-state index is 12.0. The number of carbonyl (C=O) groups is 1. The number of sulfone groups is 1. The van der Waals surface area contributed by atoms with E-state index in [2.05, 4.69) is 0 Å². The Kier molecular flexibility index (Phi) is 2.75. The molecule has 0 spiro atoms. The fourth-order valence-electron chi connectivity index (χ4n) is 1.91. The third kappa shape index (κ3) is 1.84. The first kappa shape index (κ1) is 11.2. The van der Waals surface area contributed by atoms with E-state index in [0.29, 0.717) is 13.1 Å². The Morgan fingerprint density at radius 3 is 2.38 bits per heavy atom. The number of rotatable bonds is 1. The molecule has 2 rings (SSSR count). The second-order valence-electron chi connectivity index (χ2n) is 3.98. The summed E-state index contributed by atoms with van der Waals surface area (Å²) >= 11 is 0. The standard InChI is InChI=1S/C10H14N2O3S/c11-9-8(4-7-16(9,14)15)10(13)12-5-2-1-3-6-12/h4,7H,1-3,5-6,11H2. The van der Waals surface area contributed by atoms with Crippen LogP contribution in [0.15, 0.2) is 22.1 Å². The van der Waals surface area contributed by atoms with Crippen molar-refractivity contribution in [2.45, 2.75) is 19.3 Å². The summed E-state index contributed by atoms with van der Waals surface area (Å²) in [5.41, 5.74) is 5.56. The summed E-state index contributed by atoms with van der Waals surface area (Å²) in [5.74, 6) is -0.269. The average molecular weight is 242 g/mol. The van der Waals surface area contributed by atoms with Gasteiger partial charge in [-0.1, -0.05) is 0 Å². The van der Waals surface area contributed by atoms with Gasteiger partial charge in [0.05, 0.1) is 5.57 Å². The van der Waals surface area contributed by atoms with Gasteiger partial charge in [-0.2, -0.15) is 0 Å². The van der Waals surface area contributed by atoms with E-state index in [0.717, 1.165) is 24.7 Å². The second kappa shape index (κ2) is 3.93. The van der Waals surface area contributed by atoms with Crippen LogP contribution in [0.3, 0.4) is 0 Å². The molecule has 0 aromatic carbocycles. The van der Waals surface area contributed by atoms with E-state index in [1.807, 2.05) is 0 Å². The van der Waals surface area contributed by atoms with Gasteiger partial charge in [-0.05, 0) is 25.3 Å². The van der Waals surface area contributed by atoms with Gasteiger partial charge in [0.25, 0.3) is 5.91 Å². The average Bonchev–Trinajstić information content (AvgIpc) is 2.55. The van der Waals surface area contributed by atoms with Crippen LogP contribution in [0.1, 0.15) is 19.3 Å². The van der Waals surface area contributed by atoms with Gasteiger partial charge in [0.15, 0.2) is 0 Å². The molecule has 0 aromatic rings. The Balaban J connectivity index is 2.23. The fraction of sp³-hybridized carbons (Fsp3) is 0.500. The van der Waals surface area contributed by atoms with Crippen LogP contribution in [0.25, 0.3) is 0 Å². The normalized spacial score (nSPS) is 23.9. The Morgan fingerprint density at radius 2 is 1.88 bits per heavy atom. The monoisotopic (exact) mass is 242 g/mol. The lowest BCUT2D eigenvalue weighted by Gasteiger charge is -2.26. The highest BCUT2D eigenvalue weighted by atomic mass is 32.2. The zero-order chi connectivity index (χ0) is 11.8. The van der Waals surface area contributed by atoms with Crippen molar-refractivity contribution in [3.63, 3.8) is 0 Å². The SMILES string of the molecule is NC1=C(C(=O)N2CCCCC2)C=CS1(=O)=O. The molecule has 2 aliphatic heterocycles. The molecule has 0 radical (unpaired) electrons. The molecule has 0 aromatic heterocycles. The molecule has 1 saturated heterocycles. The van der Waals surface area contributed by atoms with Crippen molar-refractivity contribution in [1.29, 1.82) is 0 Å². The van der Waals surface area contributed by atoms with Crippen LogP contribution in [0.2, 0.25) is 0 Å². The number of hydrogen-bond acceptors (Lipinski definition) is 4. The Morgan fingerprint density at radius 1 is 1.25 bits per heavy atom. The van der Waals surface area contributed by atoms with Crippen molar-refractivity contribution < 1.29 is 13.2 Å². The van der Waals surface area contributed by atoms with E-state index >= 15 is 0 Å². The maximum Gasteiger partial charge on any atom is 0.256 e. The van der Waals surface area contributed by atoms with Gasteiger partial charge in [0.1, 0.15) is 5.03 Å². The lowest BCUT2D eigenvalue weighted by Crippen LogP contribution is -2.36. The number of hydrogen-bond donors (Lipinski definition) is 1. The zero-order valence-electron chi connectivity index (χ0n) is 8.85. The van der Waals surface area contributed by atoms with Gasteiger partial charge in [-0.25, -0.2) is 8.42 Å². The third-order valence-corrected chi connectivity index (χ3v) is 4.19. The molecule has 2 N–H and O–H groups in total. The minimum atomic E-state index is -3.53. The minimum Gasteiger partial charge on any atom is -0.389 e. The van der Waals surface area contributed by atoms with Crippen LogP contribution in [-0.4, -0.2) is 32.3 Å². The van der Waals surface area contributed by atoms with Gasteiger partial charge < -0.3 is 10.6 Å². The molecule has 1 fully saturated rings. The molecule has 6 heteroatoms. The highest BCUT2D eigenvalue weighted by Crippen LogP contribution is 2.22. The first-order valence-corrected chi connectivity index (χ1v) is 6.79. The summed E-state index contributed by atoms with van der Waals surface area (Å²) in [6, 6.07) is 0. The molecule has 0 unspecified atom stereocenters. The largest absolute Gasteiger partial charge is 0.389 e. The Hall–Kier alpha value is -1.30. The van der Waals surface area contributed by atoms with Crippen molar-refractivity contribution in [1.82, 2.24) is 4.90 Å². The summed E-state index contributed by atoms with van der Waals surface area (Å²) in [4.78, 5) is 13.6. The lowest BCUT2D eigenvalue weighted by atomic mass is 10.1. The van der Waals surface area contributed by atoms with E-state index in [1.165, 1.54) is 6.08 Å². The van der Waals surface area contributed by atoms with Crippen molar-refractivity contribution in [3.05, 3.63) is 22.1 Å². The molecule has 2 aliphatic rings. The van der Waals surface area contributed by atoms with Crippen LogP contribution in [0, 0.1) is 0 Å².